The summed E-state index contributed by atoms with van der Waals surface area (Å²) in [4.78, 5) is 14.4. The van der Waals surface area contributed by atoms with E-state index < -0.39 is 4.92 Å². The predicted octanol–water partition coefficient (Wildman–Crippen LogP) is 2.67. The van der Waals surface area contributed by atoms with Gasteiger partial charge < -0.3 is 10.5 Å². The van der Waals surface area contributed by atoms with Crippen LogP contribution in [0.5, 0.6) is 11.6 Å². The van der Waals surface area contributed by atoms with Crippen molar-refractivity contribution in [2.24, 2.45) is 0 Å². The molecule has 18 heavy (non-hydrogen) atoms. The van der Waals surface area contributed by atoms with Crippen LogP contribution in [-0.2, 0) is 0 Å². The van der Waals surface area contributed by atoms with Crippen LogP contribution in [0.1, 0.15) is 5.56 Å². The molecule has 0 unspecified atom stereocenters. The molecule has 0 bridgehead atoms. The first-order chi connectivity index (χ1) is 8.58. The Bertz CT molecular complexity index is 599. The van der Waals surface area contributed by atoms with Crippen LogP contribution in [0.25, 0.3) is 0 Å². The van der Waals surface area contributed by atoms with Crippen molar-refractivity contribution in [1.29, 1.82) is 0 Å². The van der Waals surface area contributed by atoms with Crippen LogP contribution in [0.2, 0.25) is 0 Å². The zero-order valence-electron chi connectivity index (χ0n) is 9.66. The second kappa shape index (κ2) is 4.70. The molecule has 0 atom stereocenters. The van der Waals surface area contributed by atoms with E-state index in [4.69, 9.17) is 10.5 Å². The zero-order valence-corrected chi connectivity index (χ0v) is 9.66. The van der Waals surface area contributed by atoms with Crippen molar-refractivity contribution in [3.63, 3.8) is 0 Å². The zero-order chi connectivity index (χ0) is 13.1. The highest BCUT2D eigenvalue weighted by Gasteiger charge is 2.18. The van der Waals surface area contributed by atoms with Crippen LogP contribution in [-0.4, -0.2) is 9.91 Å². The van der Waals surface area contributed by atoms with Crippen molar-refractivity contribution in [3.05, 3.63) is 52.2 Å². The van der Waals surface area contributed by atoms with Gasteiger partial charge in [0.05, 0.1) is 4.92 Å². The molecule has 1 heterocycles. The molecule has 0 aliphatic heterocycles. The predicted molar refractivity (Wildman–Crippen MR) is 66.6 cm³/mol. The molecule has 0 aliphatic rings. The Labute approximate surface area is 103 Å². The van der Waals surface area contributed by atoms with Gasteiger partial charge in [-0.2, -0.15) is 0 Å². The molecule has 6 nitrogen and oxygen atoms in total. The van der Waals surface area contributed by atoms with E-state index in [1.54, 1.807) is 25.1 Å². The Morgan fingerprint density at radius 1 is 1.39 bits per heavy atom. The number of rotatable bonds is 3. The topological polar surface area (TPSA) is 91.3 Å². The minimum atomic E-state index is -0.475. The van der Waals surface area contributed by atoms with Crippen molar-refractivity contribution in [3.8, 4) is 11.6 Å². The third kappa shape index (κ3) is 2.37. The van der Waals surface area contributed by atoms with Gasteiger partial charge >= 0.3 is 5.69 Å². The van der Waals surface area contributed by atoms with Gasteiger partial charge in [0.1, 0.15) is 0 Å². The number of nitro benzene ring substituents is 1. The number of hydrogen-bond donors (Lipinski definition) is 1. The fourth-order valence-corrected chi connectivity index (χ4v) is 1.54. The van der Waals surface area contributed by atoms with Gasteiger partial charge in [-0.3, -0.25) is 10.1 Å². The molecule has 0 fully saturated rings. The quantitative estimate of drug-likeness (QED) is 0.663. The van der Waals surface area contributed by atoms with Gasteiger partial charge in [0.2, 0.25) is 11.6 Å². The smallest absolute Gasteiger partial charge is 0.314 e. The standard InChI is InChI=1S/C12H11N3O3/c1-8-3-2-4-10(12(8)15(16)17)18-11-7-9(13)5-6-14-11/h2-7H,1H3,(H2,13,14). The van der Waals surface area contributed by atoms with Gasteiger partial charge in [0, 0.05) is 23.5 Å². The van der Waals surface area contributed by atoms with Crippen LogP contribution in [0.15, 0.2) is 36.5 Å². The van der Waals surface area contributed by atoms with Crippen LogP contribution in [0.4, 0.5) is 11.4 Å². The highest BCUT2D eigenvalue weighted by Crippen LogP contribution is 2.33. The summed E-state index contributed by atoms with van der Waals surface area (Å²) in [6.45, 7) is 1.65. The van der Waals surface area contributed by atoms with Crippen molar-refractivity contribution >= 4 is 11.4 Å². The molecule has 92 valence electrons. The Morgan fingerprint density at radius 2 is 2.17 bits per heavy atom. The molecular formula is C12H11N3O3. The summed E-state index contributed by atoms with van der Waals surface area (Å²) in [5.41, 5.74) is 6.53. The van der Waals surface area contributed by atoms with Crippen molar-refractivity contribution in [1.82, 2.24) is 4.98 Å². The Kier molecular flexibility index (Phi) is 3.09. The number of ether oxygens (including phenoxy) is 1. The normalized spacial score (nSPS) is 10.1. The molecule has 0 radical (unpaired) electrons. The lowest BCUT2D eigenvalue weighted by atomic mass is 10.2. The molecule has 0 aliphatic carbocycles. The monoisotopic (exact) mass is 245 g/mol. The minimum Gasteiger partial charge on any atom is -0.432 e. The average Bonchev–Trinajstić information content (AvgIpc) is 2.28. The van der Waals surface area contributed by atoms with Crippen molar-refractivity contribution in [2.75, 3.05) is 5.73 Å². The fraction of sp³-hybridized carbons (Fsp3) is 0.0833. The molecule has 0 saturated heterocycles. The molecule has 1 aromatic carbocycles. The summed E-state index contributed by atoms with van der Waals surface area (Å²) in [5, 5.41) is 11.0. The maximum atomic E-state index is 11.0. The lowest BCUT2D eigenvalue weighted by molar-refractivity contribution is -0.386. The van der Waals surface area contributed by atoms with Crippen molar-refractivity contribution < 1.29 is 9.66 Å². The first kappa shape index (κ1) is 11.8. The van der Waals surface area contributed by atoms with Gasteiger partial charge in [-0.05, 0) is 19.1 Å². The van der Waals surface area contributed by atoms with Gasteiger partial charge in [-0.15, -0.1) is 0 Å². The van der Waals surface area contributed by atoms with Crippen molar-refractivity contribution in [2.45, 2.75) is 6.92 Å². The van der Waals surface area contributed by atoms with E-state index in [1.165, 1.54) is 18.3 Å². The molecule has 0 saturated carbocycles. The number of nitrogens with two attached hydrogens (primary N) is 1. The molecule has 0 spiro atoms. The number of hydrogen-bond acceptors (Lipinski definition) is 5. The molecule has 0 amide bonds. The number of benzene rings is 1. The average molecular weight is 245 g/mol. The van der Waals surface area contributed by atoms with Gasteiger partial charge in [-0.1, -0.05) is 12.1 Å². The molecule has 6 heteroatoms. The molecule has 2 N–H and O–H groups in total. The molecular weight excluding hydrogens is 234 g/mol. The highest BCUT2D eigenvalue weighted by atomic mass is 16.6. The maximum absolute atomic E-state index is 11.0. The number of aryl methyl sites for hydroxylation is 1. The number of nitro groups is 1. The number of pyridine rings is 1. The summed E-state index contributed by atoms with van der Waals surface area (Å²) in [7, 11) is 0. The molecule has 2 aromatic rings. The fourth-order valence-electron chi connectivity index (χ4n) is 1.54. The largest absolute Gasteiger partial charge is 0.432 e. The van der Waals surface area contributed by atoms with Crippen LogP contribution in [0.3, 0.4) is 0 Å². The second-order valence-electron chi connectivity index (χ2n) is 3.71. The number of aromatic nitrogens is 1. The minimum absolute atomic E-state index is 0.0678. The van der Waals surface area contributed by atoms with E-state index in [-0.39, 0.29) is 17.3 Å². The van der Waals surface area contributed by atoms with Gasteiger partial charge in [0.15, 0.2) is 0 Å². The lowest BCUT2D eigenvalue weighted by Crippen LogP contribution is -1.97. The summed E-state index contributed by atoms with van der Waals surface area (Å²) in [5.74, 6) is 0.377. The third-order valence-corrected chi connectivity index (χ3v) is 2.36. The molecule has 1 aromatic heterocycles. The number of anilines is 1. The number of nitrogen functional groups attached to an aromatic ring is 1. The summed E-state index contributed by atoms with van der Waals surface area (Å²) in [6, 6.07) is 7.97. The highest BCUT2D eigenvalue weighted by molar-refractivity contribution is 5.53. The Hall–Kier alpha value is -2.63. The Balaban J connectivity index is 2.40. The van der Waals surface area contributed by atoms with E-state index >= 15 is 0 Å². The maximum Gasteiger partial charge on any atom is 0.314 e. The van der Waals surface area contributed by atoms with Gasteiger partial charge in [-0.25, -0.2) is 4.98 Å². The van der Waals surface area contributed by atoms with Crippen LogP contribution < -0.4 is 10.5 Å². The Morgan fingerprint density at radius 3 is 2.83 bits per heavy atom. The van der Waals surface area contributed by atoms with E-state index in [0.29, 0.717) is 11.3 Å². The second-order valence-corrected chi connectivity index (χ2v) is 3.71. The summed E-state index contributed by atoms with van der Waals surface area (Å²) in [6.07, 6.45) is 1.48. The van der Waals surface area contributed by atoms with Crippen LogP contribution >= 0.6 is 0 Å². The van der Waals surface area contributed by atoms with E-state index in [2.05, 4.69) is 4.98 Å². The first-order valence-electron chi connectivity index (χ1n) is 5.21. The third-order valence-electron chi connectivity index (χ3n) is 2.36. The number of nitrogens with zero attached hydrogens (tertiary/aromatic N) is 2. The SMILES string of the molecule is Cc1cccc(Oc2cc(N)ccn2)c1[N+](=O)[O-]. The summed E-state index contributed by atoms with van der Waals surface area (Å²) < 4.78 is 5.40. The number of para-hydroxylation sites is 1. The molecule has 2 rings (SSSR count). The van der Waals surface area contributed by atoms with Crippen LogP contribution in [0, 0.1) is 17.0 Å². The van der Waals surface area contributed by atoms with E-state index in [0.717, 1.165) is 0 Å². The van der Waals surface area contributed by atoms with E-state index in [9.17, 15) is 10.1 Å². The first-order valence-corrected chi connectivity index (χ1v) is 5.21. The lowest BCUT2D eigenvalue weighted by Gasteiger charge is -2.07. The summed E-state index contributed by atoms with van der Waals surface area (Å²) >= 11 is 0. The van der Waals surface area contributed by atoms with E-state index in [1.807, 2.05) is 0 Å². The van der Waals surface area contributed by atoms with Gasteiger partial charge in [0.25, 0.3) is 0 Å².